The molecule has 3 unspecified atom stereocenters. The van der Waals surface area contributed by atoms with Crippen molar-refractivity contribution in [3.63, 3.8) is 0 Å². The molecule has 0 aromatic heterocycles. The number of nitro benzene ring substituents is 1. The van der Waals surface area contributed by atoms with E-state index in [1.807, 2.05) is 6.92 Å². The average Bonchev–Trinajstić information content (AvgIpc) is 2.43. The van der Waals surface area contributed by atoms with Gasteiger partial charge < -0.3 is 14.8 Å². The summed E-state index contributed by atoms with van der Waals surface area (Å²) >= 11 is 3.27. The lowest BCUT2D eigenvalue weighted by atomic mass is 9.85. The molecule has 0 saturated heterocycles. The Labute approximate surface area is 132 Å². The molecule has 0 radical (unpaired) electrons. The normalized spacial score (nSPS) is 24.4. The van der Waals surface area contributed by atoms with Crippen LogP contribution in [0.3, 0.4) is 0 Å². The third-order valence-electron chi connectivity index (χ3n) is 3.43. The maximum Gasteiger partial charge on any atom is 0.274 e. The largest absolute Gasteiger partial charge is 0.487 e. The molecule has 1 aliphatic rings. The molecule has 7 heteroatoms. The van der Waals surface area contributed by atoms with E-state index >= 15 is 0 Å². The summed E-state index contributed by atoms with van der Waals surface area (Å²) in [6.45, 7) is 5.49. The van der Waals surface area contributed by atoms with Crippen molar-refractivity contribution in [3.05, 3.63) is 32.8 Å². The number of halogens is 1. The monoisotopic (exact) mass is 358 g/mol. The zero-order chi connectivity index (χ0) is 15.4. The highest BCUT2D eigenvalue weighted by Gasteiger charge is 2.43. The van der Waals surface area contributed by atoms with Gasteiger partial charge in [-0.15, -0.1) is 0 Å². The van der Waals surface area contributed by atoms with Gasteiger partial charge in [-0.3, -0.25) is 10.1 Å². The first-order valence-corrected chi connectivity index (χ1v) is 7.81. The Bertz CT molecular complexity index is 512. The summed E-state index contributed by atoms with van der Waals surface area (Å²) in [6.07, 6.45) is 0.731. The minimum Gasteiger partial charge on any atom is -0.487 e. The molecule has 1 aliphatic carbocycles. The van der Waals surface area contributed by atoms with Gasteiger partial charge in [-0.1, -0.05) is 22.9 Å². The predicted octanol–water partition coefficient (Wildman–Crippen LogP) is 2.89. The van der Waals surface area contributed by atoms with Crippen LogP contribution in [0.1, 0.15) is 20.3 Å². The number of rotatable bonds is 7. The van der Waals surface area contributed by atoms with Crippen LogP contribution in [0.15, 0.2) is 22.7 Å². The van der Waals surface area contributed by atoms with Gasteiger partial charge in [-0.05, 0) is 19.5 Å². The van der Waals surface area contributed by atoms with Crippen LogP contribution in [0.25, 0.3) is 0 Å². The van der Waals surface area contributed by atoms with Crippen LogP contribution < -0.4 is 10.1 Å². The first-order chi connectivity index (χ1) is 10.0. The lowest BCUT2D eigenvalue weighted by Gasteiger charge is -2.44. The summed E-state index contributed by atoms with van der Waals surface area (Å²) in [5.74, 6) is 0.487. The topological polar surface area (TPSA) is 73.6 Å². The number of benzene rings is 1. The zero-order valence-corrected chi connectivity index (χ0v) is 13.6. The summed E-state index contributed by atoms with van der Waals surface area (Å²) in [7, 11) is 0. The van der Waals surface area contributed by atoms with E-state index in [4.69, 9.17) is 9.47 Å². The number of nitro groups is 1. The number of nitrogens with one attached hydrogen (secondary N) is 1. The Hall–Kier alpha value is -1.18. The molecule has 6 nitrogen and oxygen atoms in total. The molecule has 0 spiro atoms. The summed E-state index contributed by atoms with van der Waals surface area (Å²) in [6, 6.07) is 4.90. The molecule has 1 saturated carbocycles. The Morgan fingerprint density at radius 2 is 2.19 bits per heavy atom. The van der Waals surface area contributed by atoms with E-state index in [9.17, 15) is 10.1 Å². The molecule has 1 aromatic rings. The van der Waals surface area contributed by atoms with E-state index in [0.29, 0.717) is 16.8 Å². The highest BCUT2D eigenvalue weighted by atomic mass is 79.9. The van der Waals surface area contributed by atoms with E-state index in [0.717, 1.165) is 13.0 Å². The third-order valence-corrected chi connectivity index (χ3v) is 3.89. The van der Waals surface area contributed by atoms with Crippen molar-refractivity contribution < 1.29 is 14.4 Å². The molecule has 1 aromatic carbocycles. The van der Waals surface area contributed by atoms with Gasteiger partial charge in [0.05, 0.1) is 11.0 Å². The van der Waals surface area contributed by atoms with Gasteiger partial charge in [0.25, 0.3) is 5.69 Å². The fourth-order valence-corrected chi connectivity index (χ4v) is 2.93. The molecule has 0 aliphatic heterocycles. The van der Waals surface area contributed by atoms with Crippen LogP contribution in [0, 0.1) is 10.1 Å². The van der Waals surface area contributed by atoms with Crippen molar-refractivity contribution in [2.24, 2.45) is 0 Å². The second-order valence-corrected chi connectivity index (χ2v) is 5.79. The summed E-state index contributed by atoms with van der Waals surface area (Å²) in [4.78, 5) is 10.4. The second-order valence-electron chi connectivity index (χ2n) is 4.88. The third kappa shape index (κ3) is 3.93. The molecular formula is C14H19BrN2O4. The number of likely N-dealkylation sites (N-methyl/N-ethyl adjacent to an activating group) is 1. The van der Waals surface area contributed by atoms with Crippen LogP contribution in [0.5, 0.6) is 5.75 Å². The molecule has 3 atom stereocenters. The quantitative estimate of drug-likeness (QED) is 0.599. The van der Waals surface area contributed by atoms with Crippen LogP contribution >= 0.6 is 15.9 Å². The number of hydrogen-bond donors (Lipinski definition) is 1. The van der Waals surface area contributed by atoms with E-state index in [1.54, 1.807) is 6.07 Å². The van der Waals surface area contributed by atoms with Gasteiger partial charge in [0.1, 0.15) is 18.0 Å². The lowest BCUT2D eigenvalue weighted by Crippen LogP contribution is -2.61. The smallest absolute Gasteiger partial charge is 0.274 e. The molecule has 21 heavy (non-hydrogen) atoms. The summed E-state index contributed by atoms with van der Waals surface area (Å²) < 4.78 is 12.2. The van der Waals surface area contributed by atoms with Crippen molar-refractivity contribution in [1.29, 1.82) is 0 Å². The van der Waals surface area contributed by atoms with Crippen LogP contribution in [0.2, 0.25) is 0 Å². The molecule has 0 heterocycles. The van der Waals surface area contributed by atoms with Gasteiger partial charge >= 0.3 is 0 Å². The highest BCUT2D eigenvalue weighted by Crippen LogP contribution is 2.32. The fourth-order valence-electron chi connectivity index (χ4n) is 2.47. The Morgan fingerprint density at radius 3 is 2.81 bits per heavy atom. The molecule has 0 bridgehead atoms. The van der Waals surface area contributed by atoms with Gasteiger partial charge in [0.2, 0.25) is 0 Å². The summed E-state index contributed by atoms with van der Waals surface area (Å²) in [5.41, 5.74) is 0.00916. The number of hydrogen-bond acceptors (Lipinski definition) is 5. The minimum atomic E-state index is -0.431. The molecule has 2 rings (SSSR count). The highest BCUT2D eigenvalue weighted by molar-refractivity contribution is 9.10. The van der Waals surface area contributed by atoms with Gasteiger partial charge in [0, 0.05) is 29.6 Å². The maximum atomic E-state index is 10.9. The fraction of sp³-hybridized carbons (Fsp3) is 0.571. The first-order valence-electron chi connectivity index (χ1n) is 7.01. The maximum absolute atomic E-state index is 10.9. The number of nitrogens with zero attached hydrogens (tertiary/aromatic N) is 1. The average molecular weight is 359 g/mol. The number of ether oxygens (including phenoxy) is 2. The predicted molar refractivity (Wildman–Crippen MR) is 82.7 cm³/mol. The van der Waals surface area contributed by atoms with E-state index in [2.05, 4.69) is 28.2 Å². The van der Waals surface area contributed by atoms with E-state index in [1.165, 1.54) is 12.1 Å². The SMILES string of the molecule is CCNC1CC(Oc2cc(Br)cc([N+](=O)[O-])c2)C1OCC. The van der Waals surface area contributed by atoms with Crippen molar-refractivity contribution in [3.8, 4) is 5.75 Å². The molecule has 1 N–H and O–H groups in total. The van der Waals surface area contributed by atoms with Gasteiger partial charge in [-0.25, -0.2) is 0 Å². The van der Waals surface area contributed by atoms with Crippen molar-refractivity contribution in [2.45, 2.75) is 38.5 Å². The molecular weight excluding hydrogens is 340 g/mol. The van der Waals surface area contributed by atoms with Crippen molar-refractivity contribution in [1.82, 2.24) is 5.32 Å². The second kappa shape index (κ2) is 7.20. The molecule has 0 amide bonds. The van der Waals surface area contributed by atoms with Crippen molar-refractivity contribution in [2.75, 3.05) is 13.2 Å². The molecule has 116 valence electrons. The molecule has 1 fully saturated rings. The van der Waals surface area contributed by atoms with Gasteiger partial charge in [-0.2, -0.15) is 0 Å². The Morgan fingerprint density at radius 1 is 1.43 bits per heavy atom. The van der Waals surface area contributed by atoms with E-state index in [-0.39, 0.29) is 23.9 Å². The van der Waals surface area contributed by atoms with Crippen LogP contribution in [0.4, 0.5) is 5.69 Å². The minimum absolute atomic E-state index is 0.00916. The Kier molecular flexibility index (Phi) is 5.55. The standard InChI is InChI=1S/C14H19BrN2O4/c1-3-16-12-8-13(14(12)20-4-2)21-11-6-9(15)5-10(7-11)17(18)19/h5-7,12-14,16H,3-4,8H2,1-2H3. The lowest BCUT2D eigenvalue weighted by molar-refractivity contribution is -0.385. The van der Waals surface area contributed by atoms with Crippen molar-refractivity contribution >= 4 is 21.6 Å². The number of non-ortho nitro benzene ring substituents is 1. The summed E-state index contributed by atoms with van der Waals surface area (Å²) in [5, 5.41) is 14.2. The van der Waals surface area contributed by atoms with E-state index < -0.39 is 4.92 Å². The zero-order valence-electron chi connectivity index (χ0n) is 12.0. The van der Waals surface area contributed by atoms with Crippen LogP contribution in [-0.4, -0.2) is 36.3 Å². The first kappa shape index (κ1) is 16.2. The van der Waals surface area contributed by atoms with Crippen LogP contribution in [-0.2, 0) is 4.74 Å². The Balaban J connectivity index is 2.06. The van der Waals surface area contributed by atoms with Gasteiger partial charge in [0.15, 0.2) is 0 Å².